The zero-order valence-corrected chi connectivity index (χ0v) is 20.4. The van der Waals surface area contributed by atoms with Gasteiger partial charge >= 0.3 is 20.9 Å². The lowest BCUT2D eigenvalue weighted by molar-refractivity contribution is 0.270. The van der Waals surface area contributed by atoms with E-state index in [0.29, 0.717) is 42.0 Å². The maximum atomic E-state index is 14.4. The summed E-state index contributed by atoms with van der Waals surface area (Å²) in [5, 5.41) is 2.78. The topological polar surface area (TPSA) is 39.7 Å². The number of hydrogen-bond acceptors (Lipinski definition) is 4. The molecule has 0 aliphatic carbocycles. The van der Waals surface area contributed by atoms with Crippen molar-refractivity contribution in [2.45, 2.75) is 6.54 Å². The Labute approximate surface area is 227 Å². The van der Waals surface area contributed by atoms with E-state index >= 15 is 0 Å². The summed E-state index contributed by atoms with van der Waals surface area (Å²) in [6.45, 7) is -3.66. The van der Waals surface area contributed by atoms with Crippen LogP contribution >= 0.6 is 0 Å². The summed E-state index contributed by atoms with van der Waals surface area (Å²) < 4.78 is 144. The predicted octanol–water partition coefficient (Wildman–Crippen LogP) is 3.73. The fourth-order valence-electron chi connectivity index (χ4n) is 4.31. The third kappa shape index (κ3) is 5.73. The normalized spacial score (nSPS) is 15.0. The number of nitrogens with one attached hydrogen (secondary N) is 1. The quantitative estimate of drug-likeness (QED) is 0.215. The molecule has 41 heavy (non-hydrogen) atoms. The third-order valence-electron chi connectivity index (χ3n) is 6.30. The maximum absolute atomic E-state index is 14.4. The van der Waals surface area contributed by atoms with Gasteiger partial charge in [0.15, 0.2) is 52.4 Å². The van der Waals surface area contributed by atoms with Gasteiger partial charge in [0.2, 0.25) is 0 Å². The van der Waals surface area contributed by atoms with E-state index in [-0.39, 0.29) is 6.54 Å². The second-order valence-electron chi connectivity index (χ2n) is 9.05. The Bertz CT molecular complexity index is 1480. The highest BCUT2D eigenvalue weighted by atomic mass is 19.2. The van der Waals surface area contributed by atoms with Gasteiger partial charge in [0.25, 0.3) is 0 Å². The molecule has 0 bridgehead atoms. The van der Waals surface area contributed by atoms with Crippen LogP contribution in [0.25, 0.3) is 0 Å². The van der Waals surface area contributed by atoms with E-state index in [4.69, 9.17) is 13.7 Å². The first-order valence-corrected chi connectivity index (χ1v) is 11.9. The van der Waals surface area contributed by atoms with E-state index < -0.39 is 89.7 Å². The van der Waals surface area contributed by atoms with Crippen molar-refractivity contribution in [3.05, 3.63) is 125 Å². The molecule has 0 saturated carbocycles. The van der Waals surface area contributed by atoms with Crippen LogP contribution in [0.4, 0.5) is 39.5 Å². The van der Waals surface area contributed by atoms with Crippen LogP contribution in [-0.4, -0.2) is 20.9 Å². The minimum atomic E-state index is -3.50. The molecule has 0 aromatic heterocycles. The van der Waals surface area contributed by atoms with Crippen molar-refractivity contribution in [3.8, 4) is 0 Å². The Morgan fingerprint density at radius 1 is 0.561 bits per heavy atom. The van der Waals surface area contributed by atoms with E-state index in [0.717, 1.165) is 0 Å². The molecular formula is C25H14B3F9NO3-. The highest BCUT2D eigenvalue weighted by Crippen LogP contribution is 2.22. The zero-order chi connectivity index (χ0) is 29.5. The molecule has 1 fully saturated rings. The van der Waals surface area contributed by atoms with Crippen LogP contribution in [0.3, 0.4) is 0 Å². The Morgan fingerprint density at radius 3 is 1.37 bits per heavy atom. The van der Waals surface area contributed by atoms with Crippen molar-refractivity contribution in [3.63, 3.8) is 0 Å². The van der Waals surface area contributed by atoms with Gasteiger partial charge in [-0.1, -0.05) is 42.5 Å². The van der Waals surface area contributed by atoms with Gasteiger partial charge in [0, 0.05) is 0 Å². The number of rotatable bonds is 6. The van der Waals surface area contributed by atoms with Crippen molar-refractivity contribution in [1.82, 2.24) is 5.23 Å². The summed E-state index contributed by atoms with van der Waals surface area (Å²) >= 11 is 0. The molecule has 1 N–H and O–H groups in total. The van der Waals surface area contributed by atoms with Gasteiger partial charge in [-0.25, -0.2) is 39.5 Å². The molecule has 1 saturated heterocycles. The average Bonchev–Trinajstić information content (AvgIpc) is 2.96. The van der Waals surface area contributed by atoms with Crippen molar-refractivity contribution in [2.24, 2.45) is 0 Å². The monoisotopic (exact) mass is 580 g/mol. The third-order valence-corrected chi connectivity index (χ3v) is 6.30. The van der Waals surface area contributed by atoms with Crippen molar-refractivity contribution < 1.29 is 53.2 Å². The smallest absolute Gasteiger partial charge is 0.437 e. The molecule has 0 radical (unpaired) electrons. The molecule has 0 atom stereocenters. The summed E-state index contributed by atoms with van der Waals surface area (Å²) in [6, 6.07) is 11.2. The van der Waals surface area contributed by atoms with E-state index in [1.807, 2.05) is 0 Å². The van der Waals surface area contributed by atoms with Crippen LogP contribution in [0, 0.1) is 52.4 Å². The van der Waals surface area contributed by atoms with Crippen LogP contribution in [0.5, 0.6) is 0 Å². The largest absolute Gasteiger partial charge is 0.592 e. The first-order chi connectivity index (χ1) is 19.5. The highest BCUT2D eigenvalue weighted by molar-refractivity contribution is 6.94. The van der Waals surface area contributed by atoms with Crippen LogP contribution in [0.15, 0.2) is 66.7 Å². The van der Waals surface area contributed by atoms with Crippen LogP contribution in [-0.2, 0) is 20.3 Å². The van der Waals surface area contributed by atoms with E-state index in [9.17, 15) is 39.5 Å². The van der Waals surface area contributed by atoms with Crippen molar-refractivity contribution in [1.29, 1.82) is 0 Å². The Hall–Kier alpha value is -3.72. The fourth-order valence-corrected chi connectivity index (χ4v) is 4.31. The molecule has 1 aliphatic rings. The highest BCUT2D eigenvalue weighted by Gasteiger charge is 2.46. The van der Waals surface area contributed by atoms with Crippen LogP contribution in [0.1, 0.15) is 5.56 Å². The van der Waals surface area contributed by atoms with Gasteiger partial charge in [-0.05, 0) is 47.3 Å². The van der Waals surface area contributed by atoms with Crippen molar-refractivity contribution >= 4 is 37.3 Å². The lowest BCUT2D eigenvalue weighted by atomic mass is 9.53. The predicted molar refractivity (Wildman–Crippen MR) is 132 cm³/mol. The number of halogens is 9. The maximum Gasteiger partial charge on any atom is 0.437 e. The molecule has 5 rings (SSSR count). The van der Waals surface area contributed by atoms with Gasteiger partial charge in [0.1, 0.15) is 0 Å². The molecule has 1 aliphatic heterocycles. The summed E-state index contributed by atoms with van der Waals surface area (Å²) in [5.41, 5.74) is -1.01. The van der Waals surface area contributed by atoms with Crippen molar-refractivity contribution in [2.75, 3.05) is 0 Å². The fraction of sp³-hybridized carbons (Fsp3) is 0.0400. The van der Waals surface area contributed by atoms with Crippen LogP contribution < -0.4 is 21.6 Å². The summed E-state index contributed by atoms with van der Waals surface area (Å²) in [5.74, 6) is -15.5. The SMILES string of the molecule is Fc1cc(B2OB(c3cc(F)c(F)c(F)c3)O[B-](NCc3ccccc3)(c3cc(F)c(F)c(F)c3)O2)cc(F)c1F. The first kappa shape index (κ1) is 28.8. The summed E-state index contributed by atoms with van der Waals surface area (Å²) in [6.07, 6.45) is 0. The molecule has 16 heteroatoms. The molecule has 0 amide bonds. The Balaban J connectivity index is 1.68. The minimum Gasteiger partial charge on any atom is -0.592 e. The van der Waals surface area contributed by atoms with E-state index in [2.05, 4.69) is 5.23 Å². The Kier molecular flexibility index (Phi) is 7.92. The number of benzene rings is 4. The molecule has 210 valence electrons. The van der Waals surface area contributed by atoms with Gasteiger partial charge < -0.3 is 18.9 Å². The van der Waals surface area contributed by atoms with Gasteiger partial charge in [-0.3, -0.25) is 0 Å². The van der Waals surface area contributed by atoms with Gasteiger partial charge in [-0.2, -0.15) is 0 Å². The minimum absolute atomic E-state index is 0.167. The molecule has 4 aromatic rings. The molecule has 0 unspecified atom stereocenters. The number of hydrogen-bond donors (Lipinski definition) is 1. The van der Waals surface area contributed by atoms with E-state index in [1.165, 1.54) is 0 Å². The molecule has 4 nitrogen and oxygen atoms in total. The van der Waals surface area contributed by atoms with E-state index in [1.54, 1.807) is 30.3 Å². The average molecular weight is 580 g/mol. The summed E-state index contributed by atoms with van der Waals surface area (Å²) in [4.78, 5) is 0. The molecule has 4 aromatic carbocycles. The summed E-state index contributed by atoms with van der Waals surface area (Å²) in [7, 11) is -3.90. The second-order valence-corrected chi connectivity index (χ2v) is 9.05. The zero-order valence-electron chi connectivity index (χ0n) is 20.4. The van der Waals surface area contributed by atoms with Gasteiger partial charge in [-0.15, -0.1) is 5.46 Å². The second kappa shape index (κ2) is 11.3. The Morgan fingerprint density at radius 2 is 0.951 bits per heavy atom. The van der Waals surface area contributed by atoms with Crippen LogP contribution in [0.2, 0.25) is 0 Å². The molecular weight excluding hydrogens is 566 g/mol. The molecule has 1 heterocycles. The lowest BCUT2D eigenvalue weighted by Crippen LogP contribution is -2.75. The standard InChI is InChI=1S/C25H14B3F9NO3/c29-17-6-14(7-18(30)23(17)35)26-39-27(15-8-19(31)24(36)20(32)9-15)41-28(40-26,38-12-13-4-2-1-3-5-13)16-10-21(33)25(37)22(34)11-16/h1-11,38H,12H2/q-1. The molecule has 0 spiro atoms. The first-order valence-electron chi connectivity index (χ1n) is 11.9. The van der Waals surface area contributed by atoms with Gasteiger partial charge in [0.05, 0.1) is 0 Å². The lowest BCUT2D eigenvalue weighted by Gasteiger charge is -2.51.